The van der Waals surface area contributed by atoms with E-state index in [0.717, 1.165) is 31.4 Å². The fraction of sp³-hybridized carbons (Fsp3) is 0.688. The number of aromatic amines is 1. The van der Waals surface area contributed by atoms with E-state index in [4.69, 9.17) is 4.74 Å². The second-order valence-corrected chi connectivity index (χ2v) is 6.14. The Balaban J connectivity index is 1.82. The van der Waals surface area contributed by atoms with E-state index in [9.17, 15) is 9.59 Å². The number of rotatable bonds is 5. The first-order chi connectivity index (χ1) is 10.5. The largest absolute Gasteiger partial charge is 0.466 e. The number of ether oxygens (including phenoxy) is 1. The highest BCUT2D eigenvalue weighted by atomic mass is 16.5. The number of hydrogen-bond donors (Lipinski definition) is 2. The van der Waals surface area contributed by atoms with Crippen LogP contribution in [0.15, 0.2) is 6.07 Å². The standard InChI is InChI=1S/C16H25N3O3/c1-4-22-16(21)11-5-7-12(8-6-11)17-15(20)14-9-13(10(2)3)18-19-14/h9-12H,4-8H2,1-3H3,(H,17,20)(H,18,19). The summed E-state index contributed by atoms with van der Waals surface area (Å²) in [7, 11) is 0. The summed E-state index contributed by atoms with van der Waals surface area (Å²) in [6.45, 7) is 6.34. The first-order valence-corrected chi connectivity index (χ1v) is 8.04. The summed E-state index contributed by atoms with van der Waals surface area (Å²) in [5, 5.41) is 9.95. The molecular formula is C16H25N3O3. The summed E-state index contributed by atoms with van der Waals surface area (Å²) in [4.78, 5) is 23.9. The minimum Gasteiger partial charge on any atom is -0.466 e. The predicted molar refractivity (Wildman–Crippen MR) is 82.5 cm³/mol. The van der Waals surface area contributed by atoms with Crippen LogP contribution in [-0.4, -0.2) is 34.7 Å². The van der Waals surface area contributed by atoms with Crippen LogP contribution in [0.2, 0.25) is 0 Å². The first-order valence-electron chi connectivity index (χ1n) is 8.04. The highest BCUT2D eigenvalue weighted by Gasteiger charge is 2.28. The zero-order valence-corrected chi connectivity index (χ0v) is 13.5. The lowest BCUT2D eigenvalue weighted by molar-refractivity contribution is -0.149. The van der Waals surface area contributed by atoms with Gasteiger partial charge >= 0.3 is 5.97 Å². The van der Waals surface area contributed by atoms with Crippen LogP contribution in [0.4, 0.5) is 0 Å². The van der Waals surface area contributed by atoms with Gasteiger partial charge in [-0.2, -0.15) is 5.10 Å². The average molecular weight is 307 g/mol. The summed E-state index contributed by atoms with van der Waals surface area (Å²) >= 11 is 0. The van der Waals surface area contributed by atoms with Crippen LogP contribution >= 0.6 is 0 Å². The van der Waals surface area contributed by atoms with Gasteiger partial charge in [-0.05, 0) is 44.6 Å². The zero-order chi connectivity index (χ0) is 16.1. The number of nitrogens with one attached hydrogen (secondary N) is 2. The summed E-state index contributed by atoms with van der Waals surface area (Å²) in [5.74, 6) is 0.0315. The molecule has 0 aromatic carbocycles. The maximum atomic E-state index is 12.2. The van der Waals surface area contributed by atoms with Gasteiger partial charge in [-0.3, -0.25) is 14.7 Å². The van der Waals surface area contributed by atoms with Gasteiger partial charge in [0.1, 0.15) is 5.69 Å². The van der Waals surface area contributed by atoms with Crippen molar-refractivity contribution in [3.8, 4) is 0 Å². The van der Waals surface area contributed by atoms with Crippen LogP contribution in [0.25, 0.3) is 0 Å². The van der Waals surface area contributed by atoms with E-state index in [1.165, 1.54) is 0 Å². The number of aromatic nitrogens is 2. The van der Waals surface area contributed by atoms with Crippen LogP contribution in [-0.2, 0) is 9.53 Å². The quantitative estimate of drug-likeness (QED) is 0.818. The van der Waals surface area contributed by atoms with Gasteiger partial charge in [0, 0.05) is 11.7 Å². The van der Waals surface area contributed by atoms with Gasteiger partial charge in [-0.1, -0.05) is 13.8 Å². The van der Waals surface area contributed by atoms with Crippen molar-refractivity contribution in [3.05, 3.63) is 17.5 Å². The summed E-state index contributed by atoms with van der Waals surface area (Å²) < 4.78 is 5.05. The van der Waals surface area contributed by atoms with E-state index < -0.39 is 0 Å². The van der Waals surface area contributed by atoms with Crippen LogP contribution in [0, 0.1) is 5.92 Å². The first kappa shape index (κ1) is 16.5. The number of hydrogen-bond acceptors (Lipinski definition) is 4. The van der Waals surface area contributed by atoms with E-state index in [-0.39, 0.29) is 23.8 Å². The lowest BCUT2D eigenvalue weighted by atomic mass is 9.86. The molecule has 6 nitrogen and oxygen atoms in total. The van der Waals surface area contributed by atoms with Gasteiger partial charge in [-0.25, -0.2) is 0 Å². The van der Waals surface area contributed by atoms with Gasteiger partial charge in [-0.15, -0.1) is 0 Å². The van der Waals surface area contributed by atoms with Crippen LogP contribution in [0.3, 0.4) is 0 Å². The van der Waals surface area contributed by atoms with Crippen molar-refractivity contribution >= 4 is 11.9 Å². The molecule has 122 valence electrons. The third kappa shape index (κ3) is 4.08. The molecular weight excluding hydrogens is 282 g/mol. The Morgan fingerprint density at radius 1 is 1.36 bits per heavy atom. The Labute approximate surface area is 131 Å². The fourth-order valence-electron chi connectivity index (χ4n) is 2.74. The lowest BCUT2D eigenvalue weighted by Gasteiger charge is -2.27. The van der Waals surface area contributed by atoms with Crippen LogP contribution in [0.1, 0.15) is 68.6 Å². The molecule has 1 heterocycles. The molecule has 1 saturated carbocycles. The molecule has 0 unspecified atom stereocenters. The molecule has 2 N–H and O–H groups in total. The van der Waals surface area contributed by atoms with Crippen LogP contribution < -0.4 is 5.32 Å². The van der Waals surface area contributed by atoms with Crippen molar-refractivity contribution in [3.63, 3.8) is 0 Å². The minimum absolute atomic E-state index is 0.0222. The summed E-state index contributed by atoms with van der Waals surface area (Å²) in [5.41, 5.74) is 1.38. The zero-order valence-electron chi connectivity index (χ0n) is 13.5. The number of esters is 1. The smallest absolute Gasteiger partial charge is 0.308 e. The third-order valence-electron chi connectivity index (χ3n) is 4.13. The van der Waals surface area contributed by atoms with Crippen molar-refractivity contribution in [2.45, 2.75) is 58.4 Å². The molecule has 6 heteroatoms. The van der Waals surface area contributed by atoms with E-state index in [1.807, 2.05) is 20.8 Å². The Hall–Kier alpha value is -1.85. The molecule has 1 aliphatic carbocycles. The molecule has 1 aromatic rings. The van der Waals surface area contributed by atoms with E-state index in [0.29, 0.717) is 18.2 Å². The number of carbonyl (C=O) groups is 2. The monoisotopic (exact) mass is 307 g/mol. The van der Waals surface area contributed by atoms with Gasteiger partial charge in [0.05, 0.1) is 12.5 Å². The molecule has 0 bridgehead atoms. The Bertz CT molecular complexity index is 516. The topological polar surface area (TPSA) is 84.1 Å². The van der Waals surface area contributed by atoms with Gasteiger partial charge in [0.15, 0.2) is 0 Å². The molecule has 0 saturated heterocycles. The minimum atomic E-state index is -0.150. The Morgan fingerprint density at radius 3 is 2.59 bits per heavy atom. The normalized spacial score (nSPS) is 21.6. The van der Waals surface area contributed by atoms with Gasteiger partial charge < -0.3 is 10.1 Å². The van der Waals surface area contributed by atoms with E-state index in [2.05, 4.69) is 15.5 Å². The fourth-order valence-corrected chi connectivity index (χ4v) is 2.74. The highest BCUT2D eigenvalue weighted by molar-refractivity contribution is 5.92. The Morgan fingerprint density at radius 2 is 2.05 bits per heavy atom. The molecule has 1 amide bonds. The third-order valence-corrected chi connectivity index (χ3v) is 4.13. The molecule has 1 fully saturated rings. The molecule has 2 rings (SSSR count). The number of carbonyl (C=O) groups excluding carboxylic acids is 2. The van der Waals surface area contributed by atoms with E-state index in [1.54, 1.807) is 6.07 Å². The van der Waals surface area contributed by atoms with Crippen molar-refractivity contribution in [2.75, 3.05) is 6.61 Å². The predicted octanol–water partition coefficient (Wildman–Crippen LogP) is 2.38. The molecule has 0 radical (unpaired) electrons. The Kier molecular flexibility index (Phi) is 5.57. The van der Waals surface area contributed by atoms with Gasteiger partial charge in [0.2, 0.25) is 0 Å². The van der Waals surface area contributed by atoms with Crippen molar-refractivity contribution in [1.82, 2.24) is 15.5 Å². The maximum absolute atomic E-state index is 12.2. The second-order valence-electron chi connectivity index (χ2n) is 6.14. The lowest BCUT2D eigenvalue weighted by Crippen LogP contribution is -2.39. The maximum Gasteiger partial charge on any atom is 0.308 e. The van der Waals surface area contributed by atoms with E-state index >= 15 is 0 Å². The summed E-state index contributed by atoms with van der Waals surface area (Å²) in [6.07, 6.45) is 3.14. The second kappa shape index (κ2) is 7.42. The molecule has 0 atom stereocenters. The van der Waals surface area contributed by atoms with Crippen LogP contribution in [0.5, 0.6) is 0 Å². The number of amides is 1. The molecule has 1 aromatic heterocycles. The molecule has 0 spiro atoms. The van der Waals surface area contributed by atoms with Gasteiger partial charge in [0.25, 0.3) is 5.91 Å². The molecule has 0 aliphatic heterocycles. The summed E-state index contributed by atoms with van der Waals surface area (Å²) in [6, 6.07) is 1.90. The number of H-pyrrole nitrogens is 1. The highest BCUT2D eigenvalue weighted by Crippen LogP contribution is 2.25. The number of nitrogens with zero attached hydrogens (tertiary/aromatic N) is 1. The average Bonchev–Trinajstić information content (AvgIpc) is 2.98. The van der Waals surface area contributed by atoms with Crippen molar-refractivity contribution in [2.24, 2.45) is 5.92 Å². The molecule has 22 heavy (non-hydrogen) atoms. The van der Waals surface area contributed by atoms with Crippen molar-refractivity contribution in [1.29, 1.82) is 0 Å². The van der Waals surface area contributed by atoms with Crippen molar-refractivity contribution < 1.29 is 14.3 Å². The SMILES string of the molecule is CCOC(=O)C1CCC(NC(=O)c2cc(C(C)C)[nH]n2)CC1. The molecule has 1 aliphatic rings.